The molecule has 1 atom stereocenters. The zero-order chi connectivity index (χ0) is 18.7. The van der Waals surface area contributed by atoms with Gasteiger partial charge in [0.05, 0.1) is 5.75 Å². The van der Waals surface area contributed by atoms with Crippen LogP contribution in [-0.2, 0) is 20.5 Å². The molecule has 1 amide bonds. The van der Waals surface area contributed by atoms with Crippen molar-refractivity contribution in [2.75, 3.05) is 13.1 Å². The minimum atomic E-state index is -3.52. The van der Waals surface area contributed by atoms with Gasteiger partial charge in [0, 0.05) is 24.2 Å². The van der Waals surface area contributed by atoms with Crippen LogP contribution >= 0.6 is 11.6 Å². The van der Waals surface area contributed by atoms with Crippen molar-refractivity contribution in [3.8, 4) is 0 Å². The maximum atomic E-state index is 12.4. The Balaban J connectivity index is 1.96. The van der Waals surface area contributed by atoms with Crippen LogP contribution in [0.25, 0.3) is 0 Å². The normalized spacial score (nSPS) is 18.9. The highest BCUT2D eigenvalue weighted by Gasteiger charge is 2.29. The molecule has 6 nitrogen and oxygen atoms in total. The predicted octanol–water partition coefficient (Wildman–Crippen LogP) is 3.16. The lowest BCUT2D eigenvalue weighted by Crippen LogP contribution is -2.50. The summed E-state index contributed by atoms with van der Waals surface area (Å²) >= 11 is 5.90. The number of sulfonamides is 1. The Morgan fingerprint density at radius 2 is 2.12 bits per heavy atom. The Kier molecular flexibility index (Phi) is 6.35. The first kappa shape index (κ1) is 20.0. The van der Waals surface area contributed by atoms with E-state index in [4.69, 9.17) is 16.3 Å². The maximum Gasteiger partial charge on any atom is 0.410 e. The Bertz CT molecular complexity index is 716. The Hall–Kier alpha value is -1.31. The number of amides is 1. The van der Waals surface area contributed by atoms with Crippen LogP contribution in [0.15, 0.2) is 24.3 Å². The smallest absolute Gasteiger partial charge is 0.410 e. The van der Waals surface area contributed by atoms with Gasteiger partial charge >= 0.3 is 6.09 Å². The number of nitrogens with one attached hydrogen (secondary N) is 1. The number of rotatable bonds is 4. The molecule has 0 aromatic heterocycles. The van der Waals surface area contributed by atoms with E-state index in [0.29, 0.717) is 30.1 Å². The highest BCUT2D eigenvalue weighted by Crippen LogP contribution is 2.17. The third kappa shape index (κ3) is 6.84. The molecular formula is C17H25ClN2O4S. The monoisotopic (exact) mass is 388 g/mol. The maximum absolute atomic E-state index is 12.4. The number of hydrogen-bond acceptors (Lipinski definition) is 4. The standard InChI is InChI=1S/C17H25ClN2O4S/c1-17(2,3)24-16(21)20-9-5-8-15(11-20)19-25(22,23)12-13-6-4-7-14(18)10-13/h4,6-7,10,15,19H,5,8-9,11-12H2,1-3H3/t15-/m1/s1. The number of carbonyl (C=O) groups excluding carboxylic acids is 1. The number of hydrogen-bond donors (Lipinski definition) is 1. The minimum Gasteiger partial charge on any atom is -0.444 e. The Morgan fingerprint density at radius 1 is 1.40 bits per heavy atom. The van der Waals surface area contributed by atoms with E-state index in [0.717, 1.165) is 6.42 Å². The number of halogens is 1. The molecular weight excluding hydrogens is 364 g/mol. The van der Waals surface area contributed by atoms with E-state index in [1.54, 1.807) is 49.9 Å². The molecule has 1 aromatic rings. The molecule has 1 aromatic carbocycles. The van der Waals surface area contributed by atoms with E-state index in [1.807, 2.05) is 0 Å². The molecule has 1 aliphatic rings. The highest BCUT2D eigenvalue weighted by atomic mass is 35.5. The molecule has 0 spiro atoms. The SMILES string of the molecule is CC(C)(C)OC(=O)N1CCC[C@@H](NS(=O)(=O)Cc2cccc(Cl)c2)C1. The van der Waals surface area contributed by atoms with Crippen LogP contribution < -0.4 is 4.72 Å². The van der Waals surface area contributed by atoms with Crippen LogP contribution in [0.4, 0.5) is 4.79 Å². The van der Waals surface area contributed by atoms with Crippen LogP contribution in [-0.4, -0.2) is 44.1 Å². The molecule has 1 fully saturated rings. The molecule has 0 radical (unpaired) electrons. The summed E-state index contributed by atoms with van der Waals surface area (Å²) in [7, 11) is -3.52. The summed E-state index contributed by atoms with van der Waals surface area (Å²) in [6.45, 7) is 6.30. The number of ether oxygens (including phenoxy) is 1. The third-order valence-corrected chi connectivity index (χ3v) is 5.31. The molecule has 0 saturated carbocycles. The van der Waals surface area contributed by atoms with Gasteiger partial charge in [-0.25, -0.2) is 17.9 Å². The highest BCUT2D eigenvalue weighted by molar-refractivity contribution is 7.88. The molecule has 1 aliphatic heterocycles. The first-order valence-electron chi connectivity index (χ1n) is 8.26. The fourth-order valence-electron chi connectivity index (χ4n) is 2.71. The number of nitrogens with zero attached hydrogens (tertiary/aromatic N) is 1. The molecule has 8 heteroatoms. The van der Waals surface area contributed by atoms with E-state index in [1.165, 1.54) is 0 Å². The lowest BCUT2D eigenvalue weighted by molar-refractivity contribution is 0.0195. The van der Waals surface area contributed by atoms with Gasteiger partial charge in [0.25, 0.3) is 0 Å². The van der Waals surface area contributed by atoms with Gasteiger partial charge in [-0.1, -0.05) is 23.7 Å². The van der Waals surface area contributed by atoms with Crippen molar-refractivity contribution in [3.05, 3.63) is 34.9 Å². The van der Waals surface area contributed by atoms with Crippen LogP contribution in [0, 0.1) is 0 Å². The molecule has 1 heterocycles. The fourth-order valence-corrected chi connectivity index (χ4v) is 4.32. The van der Waals surface area contributed by atoms with Gasteiger partial charge in [0.15, 0.2) is 0 Å². The second-order valence-electron chi connectivity index (χ2n) is 7.27. The molecule has 25 heavy (non-hydrogen) atoms. The molecule has 1 saturated heterocycles. The van der Waals surface area contributed by atoms with E-state index < -0.39 is 21.7 Å². The van der Waals surface area contributed by atoms with Gasteiger partial charge < -0.3 is 9.64 Å². The Morgan fingerprint density at radius 3 is 2.76 bits per heavy atom. The summed E-state index contributed by atoms with van der Waals surface area (Å²) in [6, 6.07) is 6.46. The van der Waals surface area contributed by atoms with Crippen molar-refractivity contribution >= 4 is 27.7 Å². The average Bonchev–Trinajstić information content (AvgIpc) is 2.44. The van der Waals surface area contributed by atoms with Crippen LogP contribution in [0.1, 0.15) is 39.2 Å². The van der Waals surface area contributed by atoms with Gasteiger partial charge in [0.2, 0.25) is 10.0 Å². The molecule has 1 N–H and O–H groups in total. The third-order valence-electron chi connectivity index (χ3n) is 3.67. The molecule has 0 aliphatic carbocycles. The molecule has 0 unspecified atom stereocenters. The van der Waals surface area contributed by atoms with Crippen molar-refractivity contribution in [1.29, 1.82) is 0 Å². The lowest BCUT2D eigenvalue weighted by Gasteiger charge is -2.34. The van der Waals surface area contributed by atoms with E-state index in [2.05, 4.69) is 4.72 Å². The topological polar surface area (TPSA) is 75.7 Å². The van der Waals surface area contributed by atoms with E-state index >= 15 is 0 Å². The first-order chi connectivity index (χ1) is 11.5. The predicted molar refractivity (Wildman–Crippen MR) is 98.0 cm³/mol. The van der Waals surface area contributed by atoms with Crippen molar-refractivity contribution in [2.45, 2.75) is 51.0 Å². The van der Waals surface area contributed by atoms with Crippen molar-refractivity contribution in [1.82, 2.24) is 9.62 Å². The van der Waals surface area contributed by atoms with Crippen LogP contribution in [0.5, 0.6) is 0 Å². The van der Waals surface area contributed by atoms with Gasteiger partial charge in [-0.3, -0.25) is 0 Å². The van der Waals surface area contributed by atoms with Crippen LogP contribution in [0.2, 0.25) is 5.02 Å². The number of piperidine rings is 1. The van der Waals surface area contributed by atoms with Crippen LogP contribution in [0.3, 0.4) is 0 Å². The summed E-state index contributed by atoms with van der Waals surface area (Å²) in [5.74, 6) is -0.142. The molecule has 140 valence electrons. The summed E-state index contributed by atoms with van der Waals surface area (Å²) in [5, 5.41) is 0.501. The Labute approximate surface area is 154 Å². The second-order valence-corrected chi connectivity index (χ2v) is 9.46. The minimum absolute atomic E-state index is 0.142. The average molecular weight is 389 g/mol. The van der Waals surface area contributed by atoms with E-state index in [9.17, 15) is 13.2 Å². The van der Waals surface area contributed by atoms with Gasteiger partial charge in [-0.05, 0) is 51.3 Å². The quantitative estimate of drug-likeness (QED) is 0.859. The van der Waals surface area contributed by atoms with Gasteiger partial charge in [-0.15, -0.1) is 0 Å². The summed E-state index contributed by atoms with van der Waals surface area (Å²) < 4.78 is 32.8. The van der Waals surface area contributed by atoms with E-state index in [-0.39, 0.29) is 11.8 Å². The number of likely N-dealkylation sites (tertiary alicyclic amines) is 1. The lowest BCUT2D eigenvalue weighted by atomic mass is 10.1. The summed E-state index contributed by atoms with van der Waals surface area (Å²) in [6.07, 6.45) is 1.00. The van der Waals surface area contributed by atoms with Gasteiger partial charge in [-0.2, -0.15) is 0 Å². The summed E-state index contributed by atoms with van der Waals surface area (Å²) in [4.78, 5) is 13.7. The fraction of sp³-hybridized carbons (Fsp3) is 0.588. The largest absolute Gasteiger partial charge is 0.444 e. The summed E-state index contributed by atoms with van der Waals surface area (Å²) in [5.41, 5.74) is 0.0515. The van der Waals surface area contributed by atoms with Gasteiger partial charge in [0.1, 0.15) is 5.60 Å². The molecule has 2 rings (SSSR count). The van der Waals surface area contributed by atoms with Crippen molar-refractivity contribution < 1.29 is 17.9 Å². The molecule has 0 bridgehead atoms. The van der Waals surface area contributed by atoms with Crippen molar-refractivity contribution in [3.63, 3.8) is 0 Å². The zero-order valence-corrected chi connectivity index (χ0v) is 16.4. The first-order valence-corrected chi connectivity index (χ1v) is 10.3. The van der Waals surface area contributed by atoms with Crippen molar-refractivity contribution in [2.24, 2.45) is 0 Å². The number of carbonyl (C=O) groups is 1. The second kappa shape index (κ2) is 7.93. The zero-order valence-electron chi connectivity index (χ0n) is 14.8. The number of benzene rings is 1.